The summed E-state index contributed by atoms with van der Waals surface area (Å²) in [5.41, 5.74) is -0.128. The summed E-state index contributed by atoms with van der Waals surface area (Å²) in [7, 11) is 1.69. The summed E-state index contributed by atoms with van der Waals surface area (Å²) in [4.78, 5) is 5.25. The van der Waals surface area contributed by atoms with Crippen molar-refractivity contribution in [3.05, 3.63) is 52.0 Å². The Morgan fingerprint density at radius 2 is 1.70 bits per heavy atom. The number of benzene rings is 2. The third-order valence-electron chi connectivity index (χ3n) is 3.37. The molecule has 2 aromatic carbocycles. The lowest BCUT2D eigenvalue weighted by molar-refractivity contribution is -0.137. The number of aromatic nitrogens is 3. The van der Waals surface area contributed by atoms with Gasteiger partial charge in [0.1, 0.15) is 0 Å². The van der Waals surface area contributed by atoms with E-state index in [1.54, 1.807) is 19.2 Å². The van der Waals surface area contributed by atoms with E-state index < -0.39 is 11.7 Å². The summed E-state index contributed by atoms with van der Waals surface area (Å²) in [6, 6.07) is 8.07. The first-order valence-corrected chi connectivity index (χ1v) is 9.05. The molecule has 0 spiro atoms. The molecule has 0 fully saturated rings. The van der Waals surface area contributed by atoms with Gasteiger partial charge in [-0.2, -0.15) is 18.2 Å². The van der Waals surface area contributed by atoms with E-state index in [0.717, 1.165) is 12.1 Å². The maximum atomic E-state index is 12.7. The van der Waals surface area contributed by atoms with Gasteiger partial charge < -0.3 is 10.6 Å². The van der Waals surface area contributed by atoms with Crippen LogP contribution in [0.1, 0.15) is 5.56 Å². The van der Waals surface area contributed by atoms with E-state index in [1.165, 1.54) is 23.9 Å². The van der Waals surface area contributed by atoms with Crippen molar-refractivity contribution in [3.8, 4) is 0 Å². The quantitative estimate of drug-likeness (QED) is 0.455. The molecule has 0 unspecified atom stereocenters. The Labute approximate surface area is 166 Å². The molecule has 0 aliphatic carbocycles. The van der Waals surface area contributed by atoms with Gasteiger partial charge in [0.25, 0.3) is 0 Å². The number of aromatic amines is 1. The molecule has 0 aliphatic rings. The summed E-state index contributed by atoms with van der Waals surface area (Å²) >= 11 is 13.8. The highest BCUT2D eigenvalue weighted by Gasteiger charge is 2.30. The molecule has 0 bridgehead atoms. The van der Waals surface area contributed by atoms with Crippen LogP contribution < -0.4 is 10.6 Å². The zero-order valence-electron chi connectivity index (χ0n) is 13.7. The lowest BCUT2D eigenvalue weighted by Crippen LogP contribution is -2.03. The Kier molecular flexibility index (Phi) is 5.73. The molecule has 3 aromatic rings. The van der Waals surface area contributed by atoms with Crippen LogP contribution in [0.5, 0.6) is 0 Å². The number of halogens is 5. The maximum absolute atomic E-state index is 12.7. The molecule has 3 N–H and O–H groups in total. The van der Waals surface area contributed by atoms with Crippen molar-refractivity contribution >= 4 is 52.5 Å². The normalized spacial score (nSPS) is 11.5. The minimum absolute atomic E-state index is 0.350. The number of anilines is 3. The average molecular weight is 434 g/mol. The predicted molar refractivity (Wildman–Crippen MR) is 101 cm³/mol. The standard InChI is InChI=1S/C16H12Cl2F3N5S/c1-22-14-24-15(26-25-14)23-9-6-11(17)13(12(18)7-9)27-10-4-2-8(3-5-10)16(19,20)21/h2-7H,1H3,(H3,22,23,24,25,26). The second kappa shape index (κ2) is 7.87. The van der Waals surface area contributed by atoms with Gasteiger partial charge in [0.15, 0.2) is 0 Å². The van der Waals surface area contributed by atoms with E-state index in [1.807, 2.05) is 0 Å². The van der Waals surface area contributed by atoms with E-state index in [2.05, 4.69) is 25.8 Å². The minimum Gasteiger partial charge on any atom is -0.356 e. The Bertz CT molecular complexity index is 921. The van der Waals surface area contributed by atoms with Crippen molar-refractivity contribution in [1.82, 2.24) is 15.2 Å². The molecule has 142 valence electrons. The third-order valence-corrected chi connectivity index (χ3v) is 5.34. The largest absolute Gasteiger partial charge is 0.416 e. The summed E-state index contributed by atoms with van der Waals surface area (Å²) in [5.74, 6) is 0.818. The highest BCUT2D eigenvalue weighted by atomic mass is 35.5. The van der Waals surface area contributed by atoms with Crippen molar-refractivity contribution < 1.29 is 13.2 Å². The maximum Gasteiger partial charge on any atom is 0.416 e. The Hall–Kier alpha value is -2.10. The molecule has 0 radical (unpaired) electrons. The Morgan fingerprint density at radius 3 is 2.22 bits per heavy atom. The molecular weight excluding hydrogens is 422 g/mol. The number of rotatable bonds is 5. The summed E-state index contributed by atoms with van der Waals surface area (Å²) in [5, 5.41) is 13.1. The van der Waals surface area contributed by atoms with E-state index >= 15 is 0 Å². The first kappa shape index (κ1) is 19.7. The smallest absolute Gasteiger partial charge is 0.356 e. The SMILES string of the molecule is CNc1n[nH]c(Nc2cc(Cl)c(Sc3ccc(C(F)(F)F)cc3)c(Cl)c2)n1. The second-order valence-corrected chi connectivity index (χ2v) is 7.17. The van der Waals surface area contributed by atoms with Gasteiger partial charge in [-0.15, -0.1) is 5.10 Å². The van der Waals surface area contributed by atoms with Crippen molar-refractivity contribution in [2.75, 3.05) is 17.7 Å². The molecule has 0 aliphatic heterocycles. The van der Waals surface area contributed by atoms with Crippen LogP contribution in [0.25, 0.3) is 0 Å². The zero-order chi connectivity index (χ0) is 19.6. The molecule has 3 rings (SSSR count). The van der Waals surface area contributed by atoms with Crippen LogP contribution in [0.2, 0.25) is 10.0 Å². The fourth-order valence-electron chi connectivity index (χ4n) is 2.13. The van der Waals surface area contributed by atoms with Gasteiger partial charge in [-0.05, 0) is 36.4 Å². The van der Waals surface area contributed by atoms with Gasteiger partial charge in [0.05, 0.1) is 15.6 Å². The molecule has 27 heavy (non-hydrogen) atoms. The number of nitrogens with one attached hydrogen (secondary N) is 3. The molecular formula is C16H12Cl2F3N5S. The predicted octanol–water partition coefficient (Wildman–Crippen LogP) is 6.07. The van der Waals surface area contributed by atoms with Gasteiger partial charge >= 0.3 is 6.18 Å². The zero-order valence-corrected chi connectivity index (χ0v) is 16.0. The Morgan fingerprint density at radius 1 is 1.07 bits per heavy atom. The first-order chi connectivity index (χ1) is 12.8. The first-order valence-electron chi connectivity index (χ1n) is 7.47. The third kappa shape index (κ3) is 4.79. The van der Waals surface area contributed by atoms with Crippen LogP contribution in [-0.4, -0.2) is 22.2 Å². The summed E-state index contributed by atoms with van der Waals surface area (Å²) in [6.45, 7) is 0. The Balaban J connectivity index is 1.78. The number of hydrogen-bond donors (Lipinski definition) is 3. The lowest BCUT2D eigenvalue weighted by atomic mass is 10.2. The molecule has 1 heterocycles. The van der Waals surface area contributed by atoms with E-state index in [-0.39, 0.29) is 0 Å². The second-order valence-electron chi connectivity index (χ2n) is 5.28. The van der Waals surface area contributed by atoms with Crippen molar-refractivity contribution in [2.45, 2.75) is 16.0 Å². The molecule has 0 amide bonds. The van der Waals surface area contributed by atoms with Gasteiger partial charge in [-0.1, -0.05) is 35.0 Å². The number of H-pyrrole nitrogens is 1. The van der Waals surface area contributed by atoms with Gasteiger partial charge in [0.2, 0.25) is 11.9 Å². The number of alkyl halides is 3. The van der Waals surface area contributed by atoms with Crippen molar-refractivity contribution in [1.29, 1.82) is 0 Å². The summed E-state index contributed by atoms with van der Waals surface area (Å²) < 4.78 is 38.0. The molecule has 0 atom stereocenters. The van der Waals surface area contributed by atoms with Gasteiger partial charge in [-0.25, -0.2) is 5.10 Å². The van der Waals surface area contributed by atoms with Gasteiger partial charge in [0, 0.05) is 22.5 Å². The number of nitrogens with zero attached hydrogens (tertiary/aromatic N) is 2. The topological polar surface area (TPSA) is 65.6 Å². The highest BCUT2D eigenvalue weighted by Crippen LogP contribution is 2.41. The van der Waals surface area contributed by atoms with E-state index in [4.69, 9.17) is 23.2 Å². The van der Waals surface area contributed by atoms with Crippen LogP contribution in [-0.2, 0) is 6.18 Å². The molecule has 0 saturated heterocycles. The highest BCUT2D eigenvalue weighted by molar-refractivity contribution is 7.99. The fourth-order valence-corrected chi connectivity index (χ4v) is 3.66. The van der Waals surface area contributed by atoms with Crippen LogP contribution in [0, 0.1) is 0 Å². The lowest BCUT2D eigenvalue weighted by Gasteiger charge is -2.11. The summed E-state index contributed by atoms with van der Waals surface area (Å²) in [6.07, 6.45) is -4.38. The fraction of sp³-hybridized carbons (Fsp3) is 0.125. The van der Waals surface area contributed by atoms with Crippen LogP contribution in [0.4, 0.5) is 30.8 Å². The number of hydrogen-bond acceptors (Lipinski definition) is 5. The molecule has 11 heteroatoms. The molecule has 1 aromatic heterocycles. The van der Waals surface area contributed by atoms with E-state index in [9.17, 15) is 13.2 Å². The minimum atomic E-state index is -4.38. The molecule has 0 saturated carbocycles. The van der Waals surface area contributed by atoms with E-state index in [0.29, 0.717) is 37.4 Å². The van der Waals surface area contributed by atoms with Crippen LogP contribution in [0.15, 0.2) is 46.2 Å². The average Bonchev–Trinajstić information content (AvgIpc) is 3.05. The monoisotopic (exact) mass is 433 g/mol. The van der Waals surface area contributed by atoms with Gasteiger partial charge in [-0.3, -0.25) is 0 Å². The van der Waals surface area contributed by atoms with Crippen molar-refractivity contribution in [2.24, 2.45) is 0 Å². The van der Waals surface area contributed by atoms with Crippen LogP contribution in [0.3, 0.4) is 0 Å². The van der Waals surface area contributed by atoms with Crippen molar-refractivity contribution in [3.63, 3.8) is 0 Å². The molecule has 5 nitrogen and oxygen atoms in total. The van der Waals surface area contributed by atoms with Crippen LogP contribution >= 0.6 is 35.0 Å².